The molecule has 1 aliphatic carbocycles. The molecule has 1 aromatic carbocycles. The molecule has 3 fully saturated rings. The van der Waals surface area contributed by atoms with Crippen molar-refractivity contribution in [3.8, 4) is 17.0 Å². The van der Waals surface area contributed by atoms with Crippen molar-refractivity contribution < 1.29 is 41.5 Å². The topological polar surface area (TPSA) is 91.1 Å². The van der Waals surface area contributed by atoms with E-state index in [0.717, 1.165) is 31.7 Å². The van der Waals surface area contributed by atoms with E-state index in [-0.39, 0.29) is 40.9 Å². The quantitative estimate of drug-likeness (QED) is 0.432. The largest absolute Gasteiger partial charge is 0.573 e. The van der Waals surface area contributed by atoms with Crippen molar-refractivity contribution in [1.82, 2.24) is 10.1 Å². The van der Waals surface area contributed by atoms with Crippen LogP contribution in [-0.2, 0) is 9.47 Å². The molecule has 2 aromatic rings. The average Bonchev–Trinajstić information content (AvgIpc) is 3.46. The Hall–Kier alpha value is -3.24. The molecule has 3 atom stereocenters. The zero-order valence-corrected chi connectivity index (χ0v) is 20.8. The summed E-state index contributed by atoms with van der Waals surface area (Å²) in [5.41, 5.74) is -0.638. The van der Waals surface area contributed by atoms with Gasteiger partial charge in [-0.2, -0.15) is 0 Å². The zero-order chi connectivity index (χ0) is 26.5. The van der Waals surface area contributed by atoms with Crippen LogP contribution in [0, 0.1) is 0 Å². The van der Waals surface area contributed by atoms with E-state index >= 15 is 0 Å². The van der Waals surface area contributed by atoms with E-state index in [1.54, 1.807) is 4.90 Å². The zero-order valence-electron chi connectivity index (χ0n) is 20.8. The van der Waals surface area contributed by atoms with E-state index < -0.39 is 29.8 Å². The summed E-state index contributed by atoms with van der Waals surface area (Å²) in [6.45, 7) is 5.44. The fraction of sp³-hybridized carbons (Fsp3) is 0.577. The van der Waals surface area contributed by atoms with Gasteiger partial charge in [-0.05, 0) is 58.6 Å². The molecule has 0 spiro atoms. The van der Waals surface area contributed by atoms with Gasteiger partial charge in [0.2, 0.25) is 0 Å². The highest BCUT2D eigenvalue weighted by atomic mass is 19.4. The smallest absolute Gasteiger partial charge is 0.458 e. The average molecular weight is 523 g/mol. The molecule has 0 N–H and O–H groups in total. The van der Waals surface area contributed by atoms with E-state index in [9.17, 15) is 22.8 Å². The Morgan fingerprint density at radius 2 is 1.68 bits per heavy atom. The standard InChI is InChI=1S/C26H29F3N2O6/c1-25(2,3)36-24(33)31-15-10-11-16(31)13-17(12-15)34-23(32)20-21(30-37-22(20)14-8-9-14)18-6-4-5-7-19(18)35-26(27,28)29/h4-7,14-17H,8-13H2,1-3H3/t15-,16+,17?. The third-order valence-corrected chi connectivity index (χ3v) is 6.81. The molecule has 0 radical (unpaired) electrons. The van der Waals surface area contributed by atoms with Crippen molar-refractivity contribution in [3.63, 3.8) is 0 Å². The number of hydrogen-bond acceptors (Lipinski definition) is 7. The molecular formula is C26H29F3N2O6. The molecule has 3 aliphatic rings. The first-order valence-electron chi connectivity index (χ1n) is 12.5. The number of ether oxygens (including phenoxy) is 3. The second-order valence-electron chi connectivity index (χ2n) is 10.9. The Labute approximate surface area is 212 Å². The van der Waals surface area contributed by atoms with Gasteiger partial charge in [-0.3, -0.25) is 0 Å². The lowest BCUT2D eigenvalue weighted by atomic mass is 9.99. The molecule has 3 heterocycles. The van der Waals surface area contributed by atoms with Crippen molar-refractivity contribution in [2.45, 2.75) is 95.4 Å². The number of aromatic nitrogens is 1. The molecule has 2 saturated heterocycles. The van der Waals surface area contributed by atoms with E-state index in [1.165, 1.54) is 18.2 Å². The molecule has 5 rings (SSSR count). The number of carbonyl (C=O) groups is 2. The lowest BCUT2D eigenvalue weighted by molar-refractivity contribution is -0.274. The van der Waals surface area contributed by atoms with Crippen LogP contribution < -0.4 is 4.74 Å². The van der Waals surface area contributed by atoms with Crippen molar-refractivity contribution >= 4 is 12.1 Å². The summed E-state index contributed by atoms with van der Waals surface area (Å²) in [4.78, 5) is 27.9. The maximum absolute atomic E-state index is 13.5. The molecular weight excluding hydrogens is 493 g/mol. The SMILES string of the molecule is CC(C)(C)OC(=O)N1[C@@H]2CC[C@H]1CC(OC(=O)c1c(-c3ccccc3OC(F)(F)F)noc1C1CC1)C2. The Morgan fingerprint density at radius 3 is 2.27 bits per heavy atom. The van der Waals surface area contributed by atoms with Crippen molar-refractivity contribution in [2.24, 2.45) is 0 Å². The first-order valence-corrected chi connectivity index (χ1v) is 12.5. The lowest BCUT2D eigenvalue weighted by Gasteiger charge is -2.39. The van der Waals surface area contributed by atoms with Crippen LogP contribution in [0.3, 0.4) is 0 Å². The van der Waals surface area contributed by atoms with Gasteiger partial charge in [0.1, 0.15) is 28.7 Å². The highest BCUT2D eigenvalue weighted by Crippen LogP contribution is 2.46. The second-order valence-corrected chi connectivity index (χ2v) is 10.9. The molecule has 2 aliphatic heterocycles. The van der Waals surface area contributed by atoms with Crippen molar-refractivity contribution in [3.05, 3.63) is 35.6 Å². The predicted molar refractivity (Wildman–Crippen MR) is 124 cm³/mol. The van der Waals surface area contributed by atoms with Gasteiger partial charge in [0.05, 0.1) is 0 Å². The maximum Gasteiger partial charge on any atom is 0.573 e. The number of rotatable bonds is 5. The van der Waals surface area contributed by atoms with E-state index in [1.807, 2.05) is 20.8 Å². The summed E-state index contributed by atoms with van der Waals surface area (Å²) in [7, 11) is 0. The number of amides is 1. The van der Waals surface area contributed by atoms with Crippen LogP contribution in [0.2, 0.25) is 0 Å². The number of piperidine rings is 1. The predicted octanol–water partition coefficient (Wildman–Crippen LogP) is 6.20. The lowest BCUT2D eigenvalue weighted by Crippen LogP contribution is -2.50. The monoisotopic (exact) mass is 522 g/mol. The van der Waals surface area contributed by atoms with Gasteiger partial charge in [0.25, 0.3) is 0 Å². The normalized spacial score (nSPS) is 23.6. The Bertz CT molecular complexity index is 1170. The fourth-order valence-electron chi connectivity index (χ4n) is 5.23. The van der Waals surface area contributed by atoms with Gasteiger partial charge in [0, 0.05) is 36.4 Å². The Kier molecular flexibility index (Phi) is 6.35. The van der Waals surface area contributed by atoms with Crippen molar-refractivity contribution in [1.29, 1.82) is 0 Å². The highest BCUT2D eigenvalue weighted by Gasteiger charge is 2.47. The molecule has 200 valence electrons. The highest BCUT2D eigenvalue weighted by molar-refractivity contribution is 5.98. The van der Waals surface area contributed by atoms with E-state index in [4.69, 9.17) is 14.0 Å². The summed E-state index contributed by atoms with van der Waals surface area (Å²) in [6, 6.07) is 5.26. The van der Waals surface area contributed by atoms with Crippen LogP contribution >= 0.6 is 0 Å². The molecule has 37 heavy (non-hydrogen) atoms. The summed E-state index contributed by atoms with van der Waals surface area (Å²) in [5, 5.41) is 3.97. The van der Waals surface area contributed by atoms with Gasteiger partial charge >= 0.3 is 18.4 Å². The Balaban J connectivity index is 1.37. The molecule has 2 bridgehead atoms. The van der Waals surface area contributed by atoms with Crippen LogP contribution in [-0.4, -0.2) is 52.3 Å². The van der Waals surface area contributed by atoms with Crippen LogP contribution in [0.5, 0.6) is 5.75 Å². The maximum atomic E-state index is 13.5. The number of esters is 1. The van der Waals surface area contributed by atoms with E-state index in [2.05, 4.69) is 9.89 Å². The number of benzene rings is 1. The number of para-hydroxylation sites is 1. The van der Waals surface area contributed by atoms with Crippen LogP contribution in [0.15, 0.2) is 28.8 Å². The third-order valence-electron chi connectivity index (χ3n) is 6.81. The number of nitrogens with zero attached hydrogens (tertiary/aromatic N) is 2. The summed E-state index contributed by atoms with van der Waals surface area (Å²) >= 11 is 0. The fourth-order valence-corrected chi connectivity index (χ4v) is 5.23. The van der Waals surface area contributed by atoms with Gasteiger partial charge < -0.3 is 23.6 Å². The second kappa shape index (κ2) is 9.25. The first-order chi connectivity index (χ1) is 17.4. The Morgan fingerprint density at radius 1 is 1.03 bits per heavy atom. The molecule has 11 heteroatoms. The molecule has 1 aromatic heterocycles. The van der Waals surface area contributed by atoms with Gasteiger partial charge in [-0.1, -0.05) is 17.3 Å². The van der Waals surface area contributed by atoms with Crippen molar-refractivity contribution in [2.75, 3.05) is 0 Å². The molecule has 8 nitrogen and oxygen atoms in total. The minimum Gasteiger partial charge on any atom is -0.458 e. The number of carbonyl (C=O) groups excluding carboxylic acids is 2. The number of hydrogen-bond donors (Lipinski definition) is 0. The molecule has 1 amide bonds. The minimum absolute atomic E-state index is 0.0118. The van der Waals surface area contributed by atoms with Gasteiger partial charge in [-0.15, -0.1) is 13.2 Å². The first kappa shape index (κ1) is 25.4. The number of fused-ring (bicyclic) bond motifs is 2. The van der Waals surface area contributed by atoms with Crippen LogP contribution in [0.25, 0.3) is 11.3 Å². The molecule has 1 unspecified atom stereocenters. The summed E-state index contributed by atoms with van der Waals surface area (Å²) in [6.07, 6.45) is -1.70. The summed E-state index contributed by atoms with van der Waals surface area (Å²) in [5.74, 6) is -0.904. The van der Waals surface area contributed by atoms with E-state index in [0.29, 0.717) is 18.6 Å². The van der Waals surface area contributed by atoms with Crippen LogP contribution in [0.1, 0.15) is 81.3 Å². The van der Waals surface area contributed by atoms with Gasteiger partial charge in [-0.25, -0.2) is 9.59 Å². The number of alkyl halides is 3. The third kappa shape index (κ3) is 5.55. The van der Waals surface area contributed by atoms with Gasteiger partial charge in [0.15, 0.2) is 5.76 Å². The number of halogens is 3. The minimum atomic E-state index is -4.92. The van der Waals surface area contributed by atoms with Crippen LogP contribution in [0.4, 0.5) is 18.0 Å². The molecule has 1 saturated carbocycles. The summed E-state index contributed by atoms with van der Waals surface area (Å²) < 4.78 is 60.1.